The van der Waals surface area contributed by atoms with Crippen molar-refractivity contribution in [2.24, 2.45) is 5.73 Å². The van der Waals surface area contributed by atoms with E-state index in [0.29, 0.717) is 18.8 Å². The predicted octanol–water partition coefficient (Wildman–Crippen LogP) is 2.59. The second-order valence-corrected chi connectivity index (χ2v) is 4.33. The van der Waals surface area contributed by atoms with Crippen LogP contribution in [0.3, 0.4) is 0 Å². The molecule has 0 heterocycles. The molecule has 1 rings (SSSR count). The molecule has 0 aliphatic rings. The van der Waals surface area contributed by atoms with Crippen LogP contribution in [0.15, 0.2) is 24.3 Å². The van der Waals surface area contributed by atoms with E-state index in [4.69, 9.17) is 15.7 Å². The third kappa shape index (κ3) is 3.85. The third-order valence-corrected chi connectivity index (χ3v) is 3.19. The fourth-order valence-corrected chi connectivity index (χ4v) is 1.57. The first-order valence-electron chi connectivity index (χ1n) is 6.00. The van der Waals surface area contributed by atoms with Crippen LogP contribution in [0.25, 0.3) is 0 Å². The lowest BCUT2D eigenvalue weighted by atomic mass is 9.96. The smallest absolute Gasteiger partial charge is 0.0995 e. The van der Waals surface area contributed by atoms with E-state index in [1.807, 2.05) is 18.2 Å². The van der Waals surface area contributed by atoms with Crippen molar-refractivity contribution in [3.63, 3.8) is 0 Å². The number of hydrogen-bond acceptors (Lipinski definition) is 3. The van der Waals surface area contributed by atoms with Crippen molar-refractivity contribution < 1.29 is 4.74 Å². The lowest BCUT2D eigenvalue weighted by Crippen LogP contribution is -2.43. The Morgan fingerprint density at radius 1 is 1.29 bits per heavy atom. The summed E-state index contributed by atoms with van der Waals surface area (Å²) in [6, 6.07) is 9.64. The van der Waals surface area contributed by atoms with Crippen LogP contribution in [0, 0.1) is 11.3 Å². The molecule has 92 valence electrons. The molecule has 1 aromatic carbocycles. The summed E-state index contributed by atoms with van der Waals surface area (Å²) in [5.74, 6) is 0. The van der Waals surface area contributed by atoms with Crippen molar-refractivity contribution >= 4 is 0 Å². The van der Waals surface area contributed by atoms with Crippen LogP contribution in [-0.2, 0) is 11.3 Å². The van der Waals surface area contributed by atoms with Crippen LogP contribution < -0.4 is 5.73 Å². The van der Waals surface area contributed by atoms with Gasteiger partial charge in [-0.1, -0.05) is 32.0 Å². The summed E-state index contributed by atoms with van der Waals surface area (Å²) in [5.41, 5.74) is 7.48. The Balaban J connectivity index is 2.54. The number of hydrogen-bond donors (Lipinski definition) is 1. The Kier molecular flexibility index (Phi) is 5.14. The maximum absolute atomic E-state index is 8.94. The van der Waals surface area contributed by atoms with Gasteiger partial charge in [0, 0.05) is 5.54 Å². The van der Waals surface area contributed by atoms with Crippen molar-refractivity contribution in [2.45, 2.75) is 38.8 Å². The molecule has 0 saturated heterocycles. The van der Waals surface area contributed by atoms with Crippen molar-refractivity contribution in [2.75, 3.05) is 6.61 Å². The molecule has 0 atom stereocenters. The minimum atomic E-state index is -0.248. The van der Waals surface area contributed by atoms with Crippen molar-refractivity contribution in [3.05, 3.63) is 35.4 Å². The molecule has 0 radical (unpaired) electrons. The molecular weight excluding hydrogens is 212 g/mol. The molecule has 17 heavy (non-hydrogen) atoms. The molecule has 0 aliphatic heterocycles. The molecule has 3 nitrogen and oxygen atoms in total. The molecule has 0 saturated carbocycles. The zero-order chi connectivity index (χ0) is 12.7. The molecule has 0 amide bonds. The fourth-order valence-electron chi connectivity index (χ4n) is 1.57. The normalized spacial score (nSPS) is 11.2. The van der Waals surface area contributed by atoms with Crippen molar-refractivity contribution in [1.29, 1.82) is 5.26 Å². The van der Waals surface area contributed by atoms with Crippen LogP contribution >= 0.6 is 0 Å². The maximum atomic E-state index is 8.94. The van der Waals surface area contributed by atoms with E-state index in [1.54, 1.807) is 6.07 Å². The van der Waals surface area contributed by atoms with Gasteiger partial charge >= 0.3 is 0 Å². The second kappa shape index (κ2) is 6.39. The van der Waals surface area contributed by atoms with Gasteiger partial charge in [0.2, 0.25) is 0 Å². The molecule has 3 heteroatoms. The summed E-state index contributed by atoms with van der Waals surface area (Å²) < 4.78 is 5.63. The lowest BCUT2D eigenvalue weighted by Gasteiger charge is -2.26. The minimum absolute atomic E-state index is 0.248. The first kappa shape index (κ1) is 13.7. The first-order valence-corrected chi connectivity index (χ1v) is 6.00. The zero-order valence-electron chi connectivity index (χ0n) is 10.6. The summed E-state index contributed by atoms with van der Waals surface area (Å²) in [7, 11) is 0. The van der Waals surface area contributed by atoms with Gasteiger partial charge in [-0.3, -0.25) is 0 Å². The van der Waals surface area contributed by atoms with Gasteiger partial charge in [-0.2, -0.15) is 5.26 Å². The van der Waals surface area contributed by atoms with E-state index >= 15 is 0 Å². The van der Waals surface area contributed by atoms with Crippen LogP contribution in [0.4, 0.5) is 0 Å². The molecule has 0 fully saturated rings. The van der Waals surface area contributed by atoms with Gasteiger partial charge in [0.15, 0.2) is 0 Å². The largest absolute Gasteiger partial charge is 0.375 e. The van der Waals surface area contributed by atoms with Crippen LogP contribution in [-0.4, -0.2) is 12.1 Å². The average Bonchev–Trinajstić information content (AvgIpc) is 2.39. The highest BCUT2D eigenvalue weighted by atomic mass is 16.5. The highest BCUT2D eigenvalue weighted by molar-refractivity contribution is 5.36. The quantitative estimate of drug-likeness (QED) is 0.820. The Hall–Kier alpha value is -1.37. The molecule has 0 aromatic heterocycles. The summed E-state index contributed by atoms with van der Waals surface area (Å²) in [6.45, 7) is 5.11. The highest BCUT2D eigenvalue weighted by Crippen LogP contribution is 2.14. The SMILES string of the molecule is CCC(N)(CC)COCc1ccccc1C#N. The van der Waals surface area contributed by atoms with Gasteiger partial charge in [0.25, 0.3) is 0 Å². The van der Waals surface area contributed by atoms with Gasteiger partial charge in [-0.15, -0.1) is 0 Å². The third-order valence-electron chi connectivity index (χ3n) is 3.19. The number of benzene rings is 1. The van der Waals surface area contributed by atoms with E-state index in [9.17, 15) is 0 Å². The van der Waals surface area contributed by atoms with Gasteiger partial charge < -0.3 is 10.5 Å². The van der Waals surface area contributed by atoms with Crippen molar-refractivity contribution in [1.82, 2.24) is 0 Å². The Labute approximate surface area is 103 Å². The monoisotopic (exact) mass is 232 g/mol. The summed E-state index contributed by atoms with van der Waals surface area (Å²) in [5, 5.41) is 8.94. The number of rotatable bonds is 6. The minimum Gasteiger partial charge on any atom is -0.375 e. The standard InChI is InChI=1S/C14H20N2O/c1-3-14(16,4-2)11-17-10-13-8-6-5-7-12(13)9-15/h5-8H,3-4,10-11,16H2,1-2H3. The van der Waals surface area contributed by atoms with E-state index in [-0.39, 0.29) is 5.54 Å². The van der Waals surface area contributed by atoms with Gasteiger partial charge in [0.1, 0.15) is 0 Å². The van der Waals surface area contributed by atoms with E-state index < -0.39 is 0 Å². The number of ether oxygens (including phenoxy) is 1. The molecule has 0 spiro atoms. The van der Waals surface area contributed by atoms with Gasteiger partial charge in [0.05, 0.1) is 24.8 Å². The molecule has 0 unspecified atom stereocenters. The van der Waals surface area contributed by atoms with E-state index in [2.05, 4.69) is 19.9 Å². The highest BCUT2D eigenvalue weighted by Gasteiger charge is 2.20. The Morgan fingerprint density at radius 2 is 1.94 bits per heavy atom. The number of nitrogens with zero attached hydrogens (tertiary/aromatic N) is 1. The average molecular weight is 232 g/mol. The second-order valence-electron chi connectivity index (χ2n) is 4.33. The van der Waals surface area contributed by atoms with E-state index in [1.165, 1.54) is 0 Å². The molecular formula is C14H20N2O. The maximum Gasteiger partial charge on any atom is 0.0995 e. The molecule has 2 N–H and O–H groups in total. The first-order chi connectivity index (χ1) is 8.15. The Morgan fingerprint density at radius 3 is 2.53 bits per heavy atom. The number of nitrogens with two attached hydrogens (primary N) is 1. The van der Waals surface area contributed by atoms with Crippen molar-refractivity contribution in [3.8, 4) is 6.07 Å². The van der Waals surface area contributed by atoms with Gasteiger partial charge in [-0.25, -0.2) is 0 Å². The van der Waals surface area contributed by atoms with Crippen LogP contribution in [0.1, 0.15) is 37.8 Å². The van der Waals surface area contributed by atoms with Crippen LogP contribution in [0.5, 0.6) is 0 Å². The van der Waals surface area contributed by atoms with Crippen LogP contribution in [0.2, 0.25) is 0 Å². The summed E-state index contributed by atoms with van der Waals surface area (Å²) >= 11 is 0. The Bertz CT molecular complexity index is 391. The summed E-state index contributed by atoms with van der Waals surface area (Å²) in [4.78, 5) is 0. The predicted molar refractivity (Wildman–Crippen MR) is 68.3 cm³/mol. The molecule has 1 aromatic rings. The molecule has 0 aliphatic carbocycles. The zero-order valence-corrected chi connectivity index (χ0v) is 10.6. The molecule has 0 bridgehead atoms. The summed E-state index contributed by atoms with van der Waals surface area (Å²) in [6.07, 6.45) is 1.78. The van der Waals surface area contributed by atoms with Gasteiger partial charge in [-0.05, 0) is 24.5 Å². The fraction of sp³-hybridized carbons (Fsp3) is 0.500. The van der Waals surface area contributed by atoms with E-state index in [0.717, 1.165) is 18.4 Å². The number of nitriles is 1. The topological polar surface area (TPSA) is 59.0 Å². The lowest BCUT2D eigenvalue weighted by molar-refractivity contribution is 0.0695.